The Kier molecular flexibility index (Phi) is 7.97. The van der Waals surface area contributed by atoms with Crippen LogP contribution in [0.15, 0.2) is 59.5 Å². The van der Waals surface area contributed by atoms with Gasteiger partial charge in [-0.05, 0) is 49.2 Å². The van der Waals surface area contributed by atoms with Gasteiger partial charge in [-0.2, -0.15) is 0 Å². The van der Waals surface area contributed by atoms with Crippen molar-refractivity contribution in [3.05, 3.63) is 70.6 Å². The Morgan fingerprint density at radius 3 is 2.52 bits per heavy atom. The number of amides is 2. The molecule has 0 saturated carbocycles. The minimum Gasteiger partial charge on any atom is -0.462 e. The number of thioether (sulfide) groups is 1. The minimum atomic E-state index is -0.398. The molecule has 0 radical (unpaired) electrons. The van der Waals surface area contributed by atoms with Gasteiger partial charge in [0.15, 0.2) is 0 Å². The second-order valence-electron chi connectivity index (χ2n) is 6.69. The lowest BCUT2D eigenvalue weighted by atomic mass is 10.2. The van der Waals surface area contributed by atoms with Gasteiger partial charge in [-0.1, -0.05) is 54.3 Å². The zero-order valence-corrected chi connectivity index (χ0v) is 18.6. The number of esters is 1. The summed E-state index contributed by atoms with van der Waals surface area (Å²) in [5.41, 5.74) is 1.96. The van der Waals surface area contributed by atoms with Crippen molar-refractivity contribution in [1.29, 1.82) is 0 Å². The van der Waals surface area contributed by atoms with E-state index in [2.05, 4.69) is 5.32 Å². The molecule has 0 spiro atoms. The molecule has 1 fully saturated rings. The molecule has 31 heavy (non-hydrogen) atoms. The van der Waals surface area contributed by atoms with Crippen LogP contribution in [-0.4, -0.2) is 40.2 Å². The molecule has 1 aliphatic heterocycles. The van der Waals surface area contributed by atoms with E-state index in [-0.39, 0.29) is 18.2 Å². The molecule has 160 valence electrons. The highest BCUT2D eigenvalue weighted by Crippen LogP contribution is 2.32. The molecule has 0 atom stereocenters. The highest BCUT2D eigenvalue weighted by Gasteiger charge is 2.31. The first-order chi connectivity index (χ1) is 15.0. The molecule has 1 heterocycles. The number of rotatable bonds is 8. The van der Waals surface area contributed by atoms with Crippen molar-refractivity contribution < 1.29 is 19.1 Å². The van der Waals surface area contributed by atoms with Gasteiger partial charge in [0.1, 0.15) is 4.32 Å². The van der Waals surface area contributed by atoms with Crippen LogP contribution in [0.5, 0.6) is 0 Å². The summed E-state index contributed by atoms with van der Waals surface area (Å²) in [6, 6.07) is 16.1. The topological polar surface area (TPSA) is 75.7 Å². The van der Waals surface area contributed by atoms with Gasteiger partial charge in [0.2, 0.25) is 5.91 Å². The summed E-state index contributed by atoms with van der Waals surface area (Å²) in [4.78, 5) is 38.6. The van der Waals surface area contributed by atoms with Gasteiger partial charge in [0.25, 0.3) is 5.91 Å². The van der Waals surface area contributed by atoms with Crippen LogP contribution in [-0.2, 0) is 14.3 Å². The van der Waals surface area contributed by atoms with Gasteiger partial charge in [0, 0.05) is 18.7 Å². The number of hydrogen-bond donors (Lipinski definition) is 1. The largest absolute Gasteiger partial charge is 0.462 e. The second-order valence-corrected chi connectivity index (χ2v) is 8.37. The van der Waals surface area contributed by atoms with Crippen LogP contribution < -0.4 is 5.32 Å². The van der Waals surface area contributed by atoms with E-state index in [1.54, 1.807) is 31.2 Å². The standard InChI is InChI=1S/C23H22N2O4S2/c1-2-29-22(28)17-10-12-18(13-11-17)24-20(26)9-6-14-25-21(27)19(31-23(25)30)15-16-7-4-3-5-8-16/h3-5,7-8,10-13,15H,2,6,9,14H2,1H3,(H,24,26). The lowest BCUT2D eigenvalue weighted by Gasteiger charge is -2.14. The van der Waals surface area contributed by atoms with Crippen LogP contribution in [0.4, 0.5) is 5.69 Å². The van der Waals surface area contributed by atoms with Crippen LogP contribution >= 0.6 is 24.0 Å². The molecule has 1 aliphatic rings. The number of hydrogen-bond acceptors (Lipinski definition) is 6. The number of nitrogens with one attached hydrogen (secondary N) is 1. The number of anilines is 1. The van der Waals surface area contributed by atoms with Gasteiger partial charge in [-0.25, -0.2) is 4.79 Å². The molecule has 1 N–H and O–H groups in total. The third kappa shape index (κ3) is 6.26. The minimum absolute atomic E-state index is 0.131. The number of carbonyl (C=O) groups excluding carboxylic acids is 3. The van der Waals surface area contributed by atoms with Crippen molar-refractivity contribution in [3.8, 4) is 0 Å². The summed E-state index contributed by atoms with van der Waals surface area (Å²) >= 11 is 6.61. The first kappa shape index (κ1) is 22.7. The first-order valence-electron chi connectivity index (χ1n) is 9.85. The van der Waals surface area contributed by atoms with Crippen LogP contribution in [0, 0.1) is 0 Å². The Hall–Kier alpha value is -2.97. The van der Waals surface area contributed by atoms with E-state index < -0.39 is 5.97 Å². The number of ether oxygens (including phenoxy) is 1. The Labute approximate surface area is 190 Å². The highest BCUT2D eigenvalue weighted by molar-refractivity contribution is 8.26. The van der Waals surface area contributed by atoms with E-state index >= 15 is 0 Å². The fourth-order valence-electron chi connectivity index (χ4n) is 2.92. The molecule has 2 aromatic rings. The maximum Gasteiger partial charge on any atom is 0.338 e. The summed E-state index contributed by atoms with van der Waals surface area (Å²) in [5.74, 6) is -0.701. The van der Waals surface area contributed by atoms with Crippen molar-refractivity contribution >= 4 is 57.8 Å². The van der Waals surface area contributed by atoms with E-state index in [4.69, 9.17) is 17.0 Å². The van der Waals surface area contributed by atoms with Crippen LogP contribution in [0.25, 0.3) is 6.08 Å². The predicted octanol–water partition coefficient (Wildman–Crippen LogP) is 4.48. The predicted molar refractivity (Wildman–Crippen MR) is 127 cm³/mol. The molecule has 0 aliphatic carbocycles. The first-order valence-corrected chi connectivity index (χ1v) is 11.1. The van der Waals surface area contributed by atoms with Gasteiger partial charge in [-0.15, -0.1) is 0 Å². The fourth-order valence-corrected chi connectivity index (χ4v) is 4.23. The van der Waals surface area contributed by atoms with Crippen molar-refractivity contribution in [3.63, 3.8) is 0 Å². The monoisotopic (exact) mass is 454 g/mol. The van der Waals surface area contributed by atoms with Crippen LogP contribution in [0.3, 0.4) is 0 Å². The van der Waals surface area contributed by atoms with Gasteiger partial charge in [0.05, 0.1) is 17.1 Å². The van der Waals surface area contributed by atoms with Gasteiger partial charge in [-0.3, -0.25) is 14.5 Å². The summed E-state index contributed by atoms with van der Waals surface area (Å²) in [6.07, 6.45) is 2.55. The number of nitrogens with zero attached hydrogens (tertiary/aromatic N) is 1. The van der Waals surface area contributed by atoms with E-state index in [9.17, 15) is 14.4 Å². The number of benzene rings is 2. The second kappa shape index (κ2) is 10.9. The zero-order valence-electron chi connectivity index (χ0n) is 17.0. The van der Waals surface area contributed by atoms with E-state index in [1.807, 2.05) is 36.4 Å². The Bertz CT molecular complexity index is 1000. The molecule has 6 nitrogen and oxygen atoms in total. The van der Waals surface area contributed by atoms with Gasteiger partial charge < -0.3 is 10.1 Å². The normalized spacial score (nSPS) is 14.7. The van der Waals surface area contributed by atoms with E-state index in [1.165, 1.54) is 16.7 Å². The molecule has 0 bridgehead atoms. The number of carbonyl (C=O) groups is 3. The van der Waals surface area contributed by atoms with Crippen LogP contribution in [0.2, 0.25) is 0 Å². The van der Waals surface area contributed by atoms with Crippen molar-refractivity contribution in [2.24, 2.45) is 0 Å². The zero-order chi connectivity index (χ0) is 22.2. The molecule has 1 saturated heterocycles. The summed E-state index contributed by atoms with van der Waals surface area (Å²) in [6.45, 7) is 2.43. The van der Waals surface area contributed by atoms with Crippen molar-refractivity contribution in [2.75, 3.05) is 18.5 Å². The quantitative estimate of drug-likeness (QED) is 0.360. The fraction of sp³-hybridized carbons (Fsp3) is 0.217. The van der Waals surface area contributed by atoms with Gasteiger partial charge >= 0.3 is 5.97 Å². The molecular weight excluding hydrogens is 432 g/mol. The van der Waals surface area contributed by atoms with Crippen molar-refractivity contribution in [1.82, 2.24) is 4.90 Å². The third-order valence-corrected chi connectivity index (χ3v) is 5.81. The molecule has 0 unspecified atom stereocenters. The average Bonchev–Trinajstić information content (AvgIpc) is 3.02. The molecule has 2 amide bonds. The smallest absolute Gasteiger partial charge is 0.338 e. The molecule has 2 aromatic carbocycles. The molecular formula is C23H22N2O4S2. The third-order valence-electron chi connectivity index (χ3n) is 4.44. The summed E-state index contributed by atoms with van der Waals surface area (Å²) < 4.78 is 5.44. The highest BCUT2D eigenvalue weighted by atomic mass is 32.2. The molecule has 8 heteroatoms. The number of thiocarbonyl (C=S) groups is 1. The van der Waals surface area contributed by atoms with E-state index in [0.717, 1.165) is 5.56 Å². The Balaban J connectivity index is 1.48. The maximum atomic E-state index is 12.6. The van der Waals surface area contributed by atoms with Crippen molar-refractivity contribution in [2.45, 2.75) is 19.8 Å². The molecule has 0 aromatic heterocycles. The Morgan fingerprint density at radius 2 is 1.84 bits per heavy atom. The Morgan fingerprint density at radius 1 is 1.13 bits per heavy atom. The lowest BCUT2D eigenvalue weighted by Crippen LogP contribution is -2.29. The van der Waals surface area contributed by atoms with Crippen LogP contribution in [0.1, 0.15) is 35.7 Å². The SMILES string of the molecule is CCOC(=O)c1ccc(NC(=O)CCCN2C(=O)C(=Cc3ccccc3)SC2=S)cc1. The maximum absolute atomic E-state index is 12.6. The molecule has 3 rings (SSSR count). The summed E-state index contributed by atoms with van der Waals surface area (Å²) in [5, 5.41) is 2.79. The summed E-state index contributed by atoms with van der Waals surface area (Å²) in [7, 11) is 0. The average molecular weight is 455 g/mol. The van der Waals surface area contributed by atoms with E-state index in [0.29, 0.717) is 40.0 Å². The lowest BCUT2D eigenvalue weighted by molar-refractivity contribution is -0.122.